The first kappa shape index (κ1) is 8.54. The molecule has 1 rings (SSSR count). The molecule has 1 N–H and O–H groups in total. The van der Waals surface area contributed by atoms with Gasteiger partial charge in [-0.3, -0.25) is 4.84 Å². The Morgan fingerprint density at radius 2 is 2.36 bits per heavy atom. The number of hydroxylamine groups is 1. The number of terminal acetylenes is 1. The molecule has 0 heterocycles. The minimum Gasteiger partial charge on any atom is -0.381 e. The smallest absolute Gasteiger partial charge is 0.128 e. The quantitative estimate of drug-likeness (QED) is 0.360. The number of nitrogens with one attached hydrogen (secondary N) is 1. The highest BCUT2D eigenvalue weighted by molar-refractivity contribution is 4.85. The number of hydrogen-bond acceptors (Lipinski definition) is 3. The lowest BCUT2D eigenvalue weighted by Gasteiger charge is -2.33. The molecule has 3 nitrogen and oxygen atoms in total. The third kappa shape index (κ3) is 2.51. The van der Waals surface area contributed by atoms with E-state index < -0.39 is 0 Å². The number of methoxy groups -OCH3 is 1. The molecule has 62 valence electrons. The van der Waals surface area contributed by atoms with E-state index in [4.69, 9.17) is 16.0 Å². The van der Waals surface area contributed by atoms with Crippen LogP contribution in [0, 0.1) is 12.3 Å². The average Bonchev–Trinajstić information content (AvgIpc) is 1.94. The van der Waals surface area contributed by atoms with Crippen LogP contribution < -0.4 is 5.48 Å². The molecule has 0 unspecified atom stereocenters. The molecule has 1 fully saturated rings. The number of rotatable bonds is 4. The van der Waals surface area contributed by atoms with Gasteiger partial charge in [0.1, 0.15) is 6.61 Å². The molecule has 1 saturated carbocycles. The van der Waals surface area contributed by atoms with Crippen molar-refractivity contribution in [3.63, 3.8) is 0 Å². The lowest BCUT2D eigenvalue weighted by molar-refractivity contribution is -0.0497. The predicted octanol–water partition coefficient (Wildman–Crippen LogP) is 0.318. The molecule has 0 aliphatic heterocycles. The molecule has 0 radical (unpaired) electrons. The summed E-state index contributed by atoms with van der Waals surface area (Å²) in [6.45, 7) is 0.328. The lowest BCUT2D eigenvalue weighted by Crippen LogP contribution is -2.44. The zero-order valence-corrected chi connectivity index (χ0v) is 6.67. The molecule has 0 aromatic rings. The maximum atomic E-state index is 5.09. The van der Waals surface area contributed by atoms with Crippen LogP contribution in [0.3, 0.4) is 0 Å². The molecule has 1 aliphatic rings. The third-order valence-electron chi connectivity index (χ3n) is 1.83. The van der Waals surface area contributed by atoms with Crippen LogP contribution in [0.1, 0.15) is 12.8 Å². The second-order valence-electron chi connectivity index (χ2n) is 2.64. The van der Waals surface area contributed by atoms with Crippen molar-refractivity contribution in [1.82, 2.24) is 5.48 Å². The number of ether oxygens (including phenoxy) is 1. The molecular weight excluding hydrogens is 142 g/mol. The molecule has 0 aromatic heterocycles. The molecule has 0 bridgehead atoms. The topological polar surface area (TPSA) is 30.5 Å². The van der Waals surface area contributed by atoms with E-state index in [9.17, 15) is 0 Å². The Labute approximate surface area is 67.0 Å². The standard InChI is InChI=1S/C8H13NO2/c1-3-4-11-9-7-5-8(6-7)10-2/h1,7-9H,4-6H2,2H3. The van der Waals surface area contributed by atoms with Crippen LogP contribution in [0.15, 0.2) is 0 Å². The summed E-state index contributed by atoms with van der Waals surface area (Å²) in [6, 6.07) is 0.424. The molecule has 11 heavy (non-hydrogen) atoms. The molecule has 1 aliphatic carbocycles. The summed E-state index contributed by atoms with van der Waals surface area (Å²) in [5.41, 5.74) is 2.86. The van der Waals surface area contributed by atoms with E-state index in [0.717, 1.165) is 12.8 Å². The first-order valence-corrected chi connectivity index (χ1v) is 3.70. The second-order valence-corrected chi connectivity index (χ2v) is 2.64. The Morgan fingerprint density at radius 3 is 2.91 bits per heavy atom. The van der Waals surface area contributed by atoms with Gasteiger partial charge in [-0.15, -0.1) is 6.42 Å². The summed E-state index contributed by atoms with van der Waals surface area (Å²) in [6.07, 6.45) is 7.42. The maximum Gasteiger partial charge on any atom is 0.128 e. The van der Waals surface area contributed by atoms with Gasteiger partial charge in [-0.1, -0.05) is 5.92 Å². The largest absolute Gasteiger partial charge is 0.381 e. The van der Waals surface area contributed by atoms with Gasteiger partial charge in [0, 0.05) is 13.2 Å². The first-order chi connectivity index (χ1) is 5.36. The van der Waals surface area contributed by atoms with Gasteiger partial charge in [-0.05, 0) is 12.8 Å². The SMILES string of the molecule is C#CCONC1CC(OC)C1. The zero-order chi connectivity index (χ0) is 8.10. The molecule has 0 spiro atoms. The summed E-state index contributed by atoms with van der Waals surface area (Å²) in [7, 11) is 1.73. The van der Waals surface area contributed by atoms with Crippen LogP contribution in [0.4, 0.5) is 0 Å². The van der Waals surface area contributed by atoms with Gasteiger partial charge in [0.15, 0.2) is 0 Å². The Balaban J connectivity index is 1.93. The van der Waals surface area contributed by atoms with Crippen LogP contribution in [-0.4, -0.2) is 25.9 Å². The highest BCUT2D eigenvalue weighted by Gasteiger charge is 2.28. The van der Waals surface area contributed by atoms with E-state index in [2.05, 4.69) is 11.4 Å². The van der Waals surface area contributed by atoms with Crippen LogP contribution >= 0.6 is 0 Å². The third-order valence-corrected chi connectivity index (χ3v) is 1.83. The Kier molecular flexibility index (Phi) is 3.37. The highest BCUT2D eigenvalue weighted by Crippen LogP contribution is 2.22. The minimum atomic E-state index is 0.328. The summed E-state index contributed by atoms with van der Waals surface area (Å²) >= 11 is 0. The van der Waals surface area contributed by atoms with Crippen LogP contribution in [0.25, 0.3) is 0 Å². The second kappa shape index (κ2) is 4.35. The van der Waals surface area contributed by atoms with E-state index in [-0.39, 0.29) is 0 Å². The minimum absolute atomic E-state index is 0.328. The van der Waals surface area contributed by atoms with E-state index in [1.54, 1.807) is 7.11 Å². The monoisotopic (exact) mass is 155 g/mol. The first-order valence-electron chi connectivity index (χ1n) is 3.70. The van der Waals surface area contributed by atoms with E-state index in [1.807, 2.05) is 0 Å². The van der Waals surface area contributed by atoms with Gasteiger partial charge >= 0.3 is 0 Å². The Morgan fingerprint density at radius 1 is 1.64 bits per heavy atom. The van der Waals surface area contributed by atoms with Gasteiger partial charge in [0.2, 0.25) is 0 Å². The van der Waals surface area contributed by atoms with Crippen LogP contribution in [0.5, 0.6) is 0 Å². The summed E-state index contributed by atoms with van der Waals surface area (Å²) < 4.78 is 5.09. The van der Waals surface area contributed by atoms with Gasteiger partial charge in [-0.2, -0.15) is 5.48 Å². The fraction of sp³-hybridized carbons (Fsp3) is 0.750. The van der Waals surface area contributed by atoms with Crippen molar-refractivity contribution in [3.05, 3.63) is 0 Å². The molecule has 0 atom stereocenters. The summed E-state index contributed by atoms with van der Waals surface area (Å²) in [5, 5.41) is 0. The number of hydrogen-bond donors (Lipinski definition) is 1. The molecule has 0 amide bonds. The fourth-order valence-electron chi connectivity index (χ4n) is 1.06. The molecule has 0 aromatic carbocycles. The molecule has 3 heteroatoms. The van der Waals surface area contributed by atoms with Gasteiger partial charge < -0.3 is 4.74 Å². The highest BCUT2D eigenvalue weighted by atomic mass is 16.6. The van der Waals surface area contributed by atoms with Crippen molar-refractivity contribution in [1.29, 1.82) is 0 Å². The van der Waals surface area contributed by atoms with E-state index in [1.165, 1.54) is 0 Å². The summed E-state index contributed by atoms with van der Waals surface area (Å²) in [5.74, 6) is 2.38. The van der Waals surface area contributed by atoms with Crippen LogP contribution in [-0.2, 0) is 9.57 Å². The summed E-state index contributed by atoms with van der Waals surface area (Å²) in [4.78, 5) is 4.94. The van der Waals surface area contributed by atoms with Gasteiger partial charge in [-0.25, -0.2) is 0 Å². The van der Waals surface area contributed by atoms with Crippen molar-refractivity contribution in [2.24, 2.45) is 0 Å². The van der Waals surface area contributed by atoms with Gasteiger partial charge in [0.25, 0.3) is 0 Å². The normalized spacial score (nSPS) is 29.1. The van der Waals surface area contributed by atoms with Crippen molar-refractivity contribution >= 4 is 0 Å². The van der Waals surface area contributed by atoms with Crippen molar-refractivity contribution < 1.29 is 9.57 Å². The zero-order valence-electron chi connectivity index (χ0n) is 6.67. The van der Waals surface area contributed by atoms with Crippen molar-refractivity contribution in [3.8, 4) is 12.3 Å². The fourth-order valence-corrected chi connectivity index (χ4v) is 1.06. The van der Waals surface area contributed by atoms with Crippen molar-refractivity contribution in [2.45, 2.75) is 25.0 Å². The van der Waals surface area contributed by atoms with Gasteiger partial charge in [0.05, 0.1) is 6.10 Å². The molecule has 0 saturated heterocycles. The van der Waals surface area contributed by atoms with Crippen LogP contribution in [0.2, 0.25) is 0 Å². The average molecular weight is 155 g/mol. The van der Waals surface area contributed by atoms with Crippen molar-refractivity contribution in [2.75, 3.05) is 13.7 Å². The van der Waals surface area contributed by atoms with E-state index >= 15 is 0 Å². The predicted molar refractivity (Wildman–Crippen MR) is 41.7 cm³/mol. The Hall–Kier alpha value is -0.560. The lowest BCUT2D eigenvalue weighted by atomic mass is 9.90. The Bertz CT molecular complexity index is 147. The maximum absolute atomic E-state index is 5.09. The molecular formula is C8H13NO2. The van der Waals surface area contributed by atoms with E-state index in [0.29, 0.717) is 18.8 Å².